The third kappa shape index (κ3) is 2.21. The van der Waals surface area contributed by atoms with Crippen LogP contribution in [0, 0.1) is 5.92 Å². The summed E-state index contributed by atoms with van der Waals surface area (Å²) < 4.78 is 0. The minimum Gasteiger partial charge on any atom is -0.481 e. The lowest BCUT2D eigenvalue weighted by Gasteiger charge is -2.36. The van der Waals surface area contributed by atoms with Gasteiger partial charge in [-0.05, 0) is 5.56 Å². The van der Waals surface area contributed by atoms with Gasteiger partial charge in [-0.15, -0.1) is 0 Å². The molecule has 1 aromatic rings. The first-order valence-corrected chi connectivity index (χ1v) is 5.21. The summed E-state index contributed by atoms with van der Waals surface area (Å²) in [6.07, 6.45) is 0.354. The maximum atomic E-state index is 11.7. The highest BCUT2D eigenvalue weighted by molar-refractivity contribution is 5.82. The zero-order valence-electron chi connectivity index (χ0n) is 8.80. The lowest BCUT2D eigenvalue weighted by molar-refractivity contribution is -0.152. The summed E-state index contributed by atoms with van der Waals surface area (Å²) in [5.74, 6) is -1.19. The van der Waals surface area contributed by atoms with Crippen molar-refractivity contribution >= 4 is 11.9 Å². The molecule has 84 valence electrons. The molecular formula is C12H13NO3. The quantitative estimate of drug-likeness (QED) is 0.817. The minimum atomic E-state index is -0.816. The van der Waals surface area contributed by atoms with E-state index in [-0.39, 0.29) is 11.8 Å². The predicted octanol–water partition coefficient (Wildman–Crippen LogP) is 0.772. The Bertz CT molecular complexity index is 396. The van der Waals surface area contributed by atoms with Gasteiger partial charge in [0.2, 0.25) is 5.91 Å². The van der Waals surface area contributed by atoms with Gasteiger partial charge in [0.25, 0.3) is 0 Å². The molecule has 0 radical (unpaired) electrons. The van der Waals surface area contributed by atoms with Gasteiger partial charge in [-0.25, -0.2) is 0 Å². The van der Waals surface area contributed by atoms with Crippen LogP contribution in [0.3, 0.4) is 0 Å². The van der Waals surface area contributed by atoms with E-state index >= 15 is 0 Å². The highest BCUT2D eigenvalue weighted by atomic mass is 16.4. The number of carboxylic acid groups (broad SMARTS) is 1. The molecule has 1 aliphatic heterocycles. The van der Waals surface area contributed by atoms with E-state index in [0.717, 1.165) is 5.56 Å². The molecule has 0 aromatic heterocycles. The zero-order valence-corrected chi connectivity index (χ0v) is 8.80. The van der Waals surface area contributed by atoms with Crippen molar-refractivity contribution in [2.75, 3.05) is 13.1 Å². The summed E-state index contributed by atoms with van der Waals surface area (Å²) >= 11 is 0. The van der Waals surface area contributed by atoms with E-state index in [1.165, 1.54) is 0 Å². The number of likely N-dealkylation sites (tertiary alicyclic amines) is 1. The molecule has 0 aliphatic carbocycles. The second kappa shape index (κ2) is 4.35. The Labute approximate surface area is 93.5 Å². The third-order valence-electron chi connectivity index (χ3n) is 2.78. The number of carboxylic acids is 1. The average molecular weight is 219 g/mol. The van der Waals surface area contributed by atoms with E-state index in [1.54, 1.807) is 4.90 Å². The van der Waals surface area contributed by atoms with Gasteiger partial charge >= 0.3 is 5.97 Å². The lowest BCUT2D eigenvalue weighted by Crippen LogP contribution is -2.53. The smallest absolute Gasteiger partial charge is 0.310 e. The maximum absolute atomic E-state index is 11.7. The van der Waals surface area contributed by atoms with Crippen molar-refractivity contribution in [2.45, 2.75) is 6.42 Å². The Hall–Kier alpha value is -1.84. The number of aliphatic carboxylic acids is 1. The Kier molecular flexibility index (Phi) is 2.90. The number of rotatable bonds is 3. The van der Waals surface area contributed by atoms with Gasteiger partial charge < -0.3 is 10.0 Å². The van der Waals surface area contributed by atoms with Gasteiger partial charge in [0.1, 0.15) is 0 Å². The number of hydrogen-bond acceptors (Lipinski definition) is 2. The number of nitrogens with zero attached hydrogens (tertiary/aromatic N) is 1. The van der Waals surface area contributed by atoms with Crippen LogP contribution in [0.5, 0.6) is 0 Å². The second-order valence-corrected chi connectivity index (χ2v) is 4.00. The normalized spacial score (nSPS) is 15.6. The standard InChI is InChI=1S/C12H13NO3/c14-11(6-9-4-2-1-3-5-9)13-7-10(8-13)12(15)16/h1-5,10H,6-8H2,(H,15,16). The summed E-state index contributed by atoms with van der Waals surface area (Å²) in [4.78, 5) is 23.9. The molecule has 0 bridgehead atoms. The van der Waals surface area contributed by atoms with Gasteiger partial charge in [0.05, 0.1) is 12.3 Å². The number of hydrogen-bond donors (Lipinski definition) is 1. The lowest BCUT2D eigenvalue weighted by atomic mass is 9.99. The molecule has 1 N–H and O–H groups in total. The van der Waals surface area contributed by atoms with Crippen molar-refractivity contribution in [3.05, 3.63) is 35.9 Å². The van der Waals surface area contributed by atoms with Crippen molar-refractivity contribution in [1.29, 1.82) is 0 Å². The van der Waals surface area contributed by atoms with Gasteiger partial charge in [-0.2, -0.15) is 0 Å². The Morgan fingerprint density at radius 2 is 1.88 bits per heavy atom. The van der Waals surface area contributed by atoms with Crippen LogP contribution < -0.4 is 0 Å². The zero-order chi connectivity index (χ0) is 11.5. The van der Waals surface area contributed by atoms with Crippen molar-refractivity contribution in [3.63, 3.8) is 0 Å². The van der Waals surface area contributed by atoms with Crippen LogP contribution in [0.4, 0.5) is 0 Å². The molecule has 16 heavy (non-hydrogen) atoms. The maximum Gasteiger partial charge on any atom is 0.310 e. The molecule has 1 aromatic carbocycles. The Morgan fingerprint density at radius 3 is 2.44 bits per heavy atom. The van der Waals surface area contributed by atoms with Crippen LogP contribution >= 0.6 is 0 Å². The number of benzene rings is 1. The monoisotopic (exact) mass is 219 g/mol. The fourth-order valence-electron chi connectivity index (χ4n) is 1.72. The fourth-order valence-corrected chi connectivity index (χ4v) is 1.72. The summed E-state index contributed by atoms with van der Waals surface area (Å²) in [7, 11) is 0. The first kappa shape index (κ1) is 10.7. The molecule has 1 fully saturated rings. The van der Waals surface area contributed by atoms with Gasteiger partial charge in [0, 0.05) is 13.1 Å². The van der Waals surface area contributed by atoms with Gasteiger partial charge in [-0.1, -0.05) is 30.3 Å². The van der Waals surface area contributed by atoms with E-state index < -0.39 is 5.97 Å². The van der Waals surface area contributed by atoms with Gasteiger partial charge in [-0.3, -0.25) is 9.59 Å². The molecule has 1 saturated heterocycles. The Balaban J connectivity index is 1.85. The molecule has 0 unspecified atom stereocenters. The molecule has 1 aliphatic rings. The van der Waals surface area contributed by atoms with Crippen LogP contribution in [0.25, 0.3) is 0 Å². The van der Waals surface area contributed by atoms with Crippen molar-refractivity contribution in [3.8, 4) is 0 Å². The topological polar surface area (TPSA) is 57.6 Å². The van der Waals surface area contributed by atoms with E-state index in [0.29, 0.717) is 19.5 Å². The van der Waals surface area contributed by atoms with E-state index in [2.05, 4.69) is 0 Å². The summed E-state index contributed by atoms with van der Waals surface area (Å²) in [6.45, 7) is 0.696. The summed E-state index contributed by atoms with van der Waals surface area (Å²) in [5, 5.41) is 8.68. The molecular weight excluding hydrogens is 206 g/mol. The largest absolute Gasteiger partial charge is 0.481 e. The molecule has 1 amide bonds. The van der Waals surface area contributed by atoms with Crippen LogP contribution in [-0.4, -0.2) is 35.0 Å². The third-order valence-corrected chi connectivity index (χ3v) is 2.78. The van der Waals surface area contributed by atoms with Crippen LogP contribution in [-0.2, 0) is 16.0 Å². The molecule has 4 heteroatoms. The van der Waals surface area contributed by atoms with Crippen molar-refractivity contribution < 1.29 is 14.7 Å². The number of carbonyl (C=O) groups excluding carboxylic acids is 1. The molecule has 2 rings (SSSR count). The van der Waals surface area contributed by atoms with Crippen LogP contribution in [0.2, 0.25) is 0 Å². The summed E-state index contributed by atoms with van der Waals surface area (Å²) in [6, 6.07) is 9.47. The molecule has 0 spiro atoms. The van der Waals surface area contributed by atoms with Crippen molar-refractivity contribution in [1.82, 2.24) is 4.90 Å². The highest BCUT2D eigenvalue weighted by Crippen LogP contribution is 2.17. The van der Waals surface area contributed by atoms with Crippen LogP contribution in [0.1, 0.15) is 5.56 Å². The first-order valence-electron chi connectivity index (χ1n) is 5.21. The molecule has 4 nitrogen and oxygen atoms in total. The van der Waals surface area contributed by atoms with Crippen molar-refractivity contribution in [2.24, 2.45) is 5.92 Å². The highest BCUT2D eigenvalue weighted by Gasteiger charge is 2.35. The molecule has 0 saturated carbocycles. The molecule has 0 atom stereocenters. The number of carbonyl (C=O) groups is 2. The van der Waals surface area contributed by atoms with E-state index in [9.17, 15) is 9.59 Å². The Morgan fingerprint density at radius 1 is 1.25 bits per heavy atom. The molecule has 1 heterocycles. The van der Waals surface area contributed by atoms with Gasteiger partial charge in [0.15, 0.2) is 0 Å². The SMILES string of the molecule is O=C(O)C1CN(C(=O)Cc2ccccc2)C1. The predicted molar refractivity (Wildman–Crippen MR) is 57.9 cm³/mol. The average Bonchev–Trinajstić information content (AvgIpc) is 2.15. The summed E-state index contributed by atoms with van der Waals surface area (Å²) in [5.41, 5.74) is 0.964. The second-order valence-electron chi connectivity index (χ2n) is 4.00. The fraction of sp³-hybridized carbons (Fsp3) is 0.333. The number of amides is 1. The first-order chi connectivity index (χ1) is 7.66. The van der Waals surface area contributed by atoms with Crippen LogP contribution in [0.15, 0.2) is 30.3 Å². The minimum absolute atomic E-state index is 0.00343. The van der Waals surface area contributed by atoms with E-state index in [1.807, 2.05) is 30.3 Å². The van der Waals surface area contributed by atoms with E-state index in [4.69, 9.17) is 5.11 Å².